The van der Waals surface area contributed by atoms with Crippen molar-refractivity contribution in [2.45, 2.75) is 45.2 Å². The Bertz CT molecular complexity index is 1320. The number of carbonyl (C=O) groups excluding carboxylic acids is 1. The van der Waals surface area contributed by atoms with Gasteiger partial charge in [-0.25, -0.2) is 8.42 Å². The fourth-order valence-corrected chi connectivity index (χ4v) is 5.78. The van der Waals surface area contributed by atoms with E-state index >= 15 is 0 Å². The molecule has 1 N–H and O–H groups in total. The van der Waals surface area contributed by atoms with E-state index in [2.05, 4.69) is 23.5 Å². The van der Waals surface area contributed by atoms with Crippen molar-refractivity contribution in [2.75, 3.05) is 10.6 Å². The second kappa shape index (κ2) is 10.6. The fraction of sp³-hybridized carbons (Fsp3) is 0.296. The molecule has 3 aromatic rings. The molecule has 4 rings (SSSR count). The molecule has 0 spiro atoms. The minimum atomic E-state index is -3.63. The van der Waals surface area contributed by atoms with Crippen LogP contribution in [0.3, 0.4) is 0 Å². The van der Waals surface area contributed by atoms with Crippen LogP contribution in [0.5, 0.6) is 0 Å². The molecule has 1 aliphatic carbocycles. The highest BCUT2D eigenvalue weighted by atomic mass is 35.5. The number of amides is 1. The third-order valence-electron chi connectivity index (χ3n) is 6.40. The van der Waals surface area contributed by atoms with Crippen LogP contribution in [0.4, 0.5) is 5.69 Å². The fourth-order valence-electron chi connectivity index (χ4n) is 4.39. The van der Waals surface area contributed by atoms with Crippen LogP contribution in [0.25, 0.3) is 0 Å². The first-order chi connectivity index (χ1) is 16.6. The predicted octanol–water partition coefficient (Wildman–Crippen LogP) is 6.33. The number of fused-ring (bicyclic) bond motifs is 1. The molecular weight excluding hydrogens is 503 g/mol. The van der Waals surface area contributed by atoms with Gasteiger partial charge in [0, 0.05) is 21.2 Å². The van der Waals surface area contributed by atoms with E-state index in [1.807, 2.05) is 6.92 Å². The van der Waals surface area contributed by atoms with Gasteiger partial charge in [-0.05, 0) is 85.7 Å². The molecule has 1 atom stereocenters. The number of sulfonamides is 1. The van der Waals surface area contributed by atoms with E-state index in [1.54, 1.807) is 42.5 Å². The number of hydrogen-bond donors (Lipinski definition) is 1. The van der Waals surface area contributed by atoms with Gasteiger partial charge in [0.05, 0.1) is 24.5 Å². The van der Waals surface area contributed by atoms with Crippen LogP contribution in [0.2, 0.25) is 10.0 Å². The van der Waals surface area contributed by atoms with Crippen molar-refractivity contribution in [1.29, 1.82) is 0 Å². The summed E-state index contributed by atoms with van der Waals surface area (Å²) >= 11 is 12.5. The summed E-state index contributed by atoms with van der Waals surface area (Å²) in [6, 6.07) is 17.8. The number of hydrogen-bond acceptors (Lipinski definition) is 3. The molecule has 0 aliphatic heterocycles. The summed E-state index contributed by atoms with van der Waals surface area (Å²) in [7, 11) is -3.63. The van der Waals surface area contributed by atoms with E-state index in [0.717, 1.165) is 24.7 Å². The minimum absolute atomic E-state index is 0.0156. The van der Waals surface area contributed by atoms with Gasteiger partial charge in [0.1, 0.15) is 0 Å². The molecule has 1 amide bonds. The average Bonchev–Trinajstić information content (AvgIpc) is 2.83. The van der Waals surface area contributed by atoms with Gasteiger partial charge in [-0.2, -0.15) is 0 Å². The number of halogens is 2. The maximum atomic E-state index is 12.9. The highest BCUT2D eigenvalue weighted by Gasteiger charge is 2.21. The first-order valence-electron chi connectivity index (χ1n) is 11.6. The minimum Gasteiger partial charge on any atom is -0.346 e. The third-order valence-corrected chi connectivity index (χ3v) is 8.25. The molecule has 1 aliphatic rings. The Morgan fingerprint density at radius 3 is 2.23 bits per heavy atom. The summed E-state index contributed by atoms with van der Waals surface area (Å²) in [6.45, 7) is 1.95. The van der Waals surface area contributed by atoms with Crippen molar-refractivity contribution in [2.24, 2.45) is 0 Å². The Kier molecular flexibility index (Phi) is 7.74. The van der Waals surface area contributed by atoms with Gasteiger partial charge >= 0.3 is 0 Å². The number of anilines is 1. The monoisotopic (exact) mass is 530 g/mol. The smallest absolute Gasteiger partial charge is 0.251 e. The molecule has 5 nitrogen and oxygen atoms in total. The average molecular weight is 532 g/mol. The van der Waals surface area contributed by atoms with Crippen LogP contribution in [-0.2, 0) is 29.4 Å². The first-order valence-corrected chi connectivity index (χ1v) is 14.2. The van der Waals surface area contributed by atoms with Crippen LogP contribution in [-0.4, -0.2) is 20.6 Å². The van der Waals surface area contributed by atoms with E-state index in [4.69, 9.17) is 23.2 Å². The molecule has 0 fully saturated rings. The van der Waals surface area contributed by atoms with Crippen molar-refractivity contribution >= 4 is 44.8 Å². The second-order valence-electron chi connectivity index (χ2n) is 8.95. The predicted molar refractivity (Wildman–Crippen MR) is 143 cm³/mol. The molecule has 0 saturated heterocycles. The Morgan fingerprint density at radius 2 is 1.60 bits per heavy atom. The van der Waals surface area contributed by atoms with Gasteiger partial charge in [-0.3, -0.25) is 9.10 Å². The molecule has 184 valence electrons. The topological polar surface area (TPSA) is 66.5 Å². The summed E-state index contributed by atoms with van der Waals surface area (Å²) in [5.41, 5.74) is 5.24. The second-order valence-corrected chi connectivity index (χ2v) is 11.7. The van der Waals surface area contributed by atoms with Crippen molar-refractivity contribution < 1.29 is 13.2 Å². The van der Waals surface area contributed by atoms with Crippen molar-refractivity contribution in [3.63, 3.8) is 0 Å². The summed E-state index contributed by atoms with van der Waals surface area (Å²) in [4.78, 5) is 12.9. The zero-order valence-corrected chi connectivity index (χ0v) is 22.1. The molecule has 35 heavy (non-hydrogen) atoms. The lowest BCUT2D eigenvalue weighted by molar-refractivity contribution is 0.0940. The number of nitrogens with one attached hydrogen (secondary N) is 1. The molecule has 0 aromatic heterocycles. The number of aryl methyl sites for hydroxylation is 2. The molecule has 0 radical (unpaired) electrons. The van der Waals surface area contributed by atoms with Crippen molar-refractivity contribution in [3.05, 3.63) is 98.5 Å². The zero-order valence-electron chi connectivity index (χ0n) is 19.7. The van der Waals surface area contributed by atoms with Crippen molar-refractivity contribution in [1.82, 2.24) is 5.32 Å². The number of benzene rings is 3. The van der Waals surface area contributed by atoms with Crippen LogP contribution in [0, 0.1) is 0 Å². The molecule has 8 heteroatoms. The van der Waals surface area contributed by atoms with Crippen LogP contribution in [0.15, 0.2) is 60.7 Å². The summed E-state index contributed by atoms with van der Waals surface area (Å²) in [6.07, 6.45) is 5.77. The summed E-state index contributed by atoms with van der Waals surface area (Å²) in [5.74, 6) is -0.221. The number of rotatable bonds is 7. The van der Waals surface area contributed by atoms with E-state index in [1.165, 1.54) is 28.3 Å². The Morgan fingerprint density at radius 1 is 0.971 bits per heavy atom. The maximum absolute atomic E-state index is 12.9. The van der Waals surface area contributed by atoms with E-state index in [-0.39, 0.29) is 18.5 Å². The maximum Gasteiger partial charge on any atom is 0.251 e. The Balaban J connectivity index is 1.50. The van der Waals surface area contributed by atoms with Crippen LogP contribution >= 0.6 is 23.2 Å². The Hall–Kier alpha value is -2.54. The zero-order chi connectivity index (χ0) is 25.2. The van der Waals surface area contributed by atoms with E-state index in [9.17, 15) is 13.2 Å². The molecule has 3 aromatic carbocycles. The lowest BCUT2D eigenvalue weighted by Crippen LogP contribution is -2.30. The number of carbonyl (C=O) groups is 1. The van der Waals surface area contributed by atoms with Gasteiger partial charge in [-0.15, -0.1) is 0 Å². The van der Waals surface area contributed by atoms with Gasteiger partial charge in [0.25, 0.3) is 5.91 Å². The molecule has 0 heterocycles. The highest BCUT2D eigenvalue weighted by molar-refractivity contribution is 7.92. The van der Waals surface area contributed by atoms with E-state index in [0.29, 0.717) is 26.9 Å². The summed E-state index contributed by atoms with van der Waals surface area (Å²) < 4.78 is 26.3. The largest absolute Gasteiger partial charge is 0.346 e. The van der Waals surface area contributed by atoms with Gasteiger partial charge < -0.3 is 5.32 Å². The molecular formula is C27H28Cl2N2O3S. The lowest BCUT2D eigenvalue weighted by atomic mass is 9.89. The number of nitrogens with zero attached hydrogens (tertiary/aromatic N) is 1. The normalized spacial score (nSPS) is 14.2. The van der Waals surface area contributed by atoms with Crippen LogP contribution in [0.1, 0.15) is 58.4 Å². The Labute approximate surface area is 217 Å². The molecule has 0 saturated carbocycles. The molecule has 0 bridgehead atoms. The van der Waals surface area contributed by atoms with E-state index < -0.39 is 10.0 Å². The SMILES string of the molecule is CC(NC(=O)c1ccc(N(Cc2c(Cl)cccc2Cl)S(C)(=O)=O)cc1)c1ccc2c(c1)CCCC2. The van der Waals surface area contributed by atoms with Crippen LogP contribution < -0.4 is 9.62 Å². The molecule has 1 unspecified atom stereocenters. The van der Waals surface area contributed by atoms with Gasteiger partial charge in [-0.1, -0.05) is 47.5 Å². The standard InChI is InChI=1S/C27H28Cl2N2O3S/c1-18(21-11-10-19-6-3-4-7-22(19)16-21)30-27(32)20-12-14-23(15-13-20)31(35(2,33)34)17-24-25(28)8-5-9-26(24)29/h5,8-16,18H,3-4,6-7,17H2,1-2H3,(H,30,32). The highest BCUT2D eigenvalue weighted by Crippen LogP contribution is 2.30. The quantitative estimate of drug-likeness (QED) is 0.388. The van der Waals surface area contributed by atoms with Gasteiger partial charge in [0.2, 0.25) is 10.0 Å². The summed E-state index contributed by atoms with van der Waals surface area (Å²) in [5, 5.41) is 3.82. The third kappa shape index (κ3) is 6.00. The lowest BCUT2D eigenvalue weighted by Gasteiger charge is -2.24. The van der Waals surface area contributed by atoms with Crippen molar-refractivity contribution in [3.8, 4) is 0 Å². The van der Waals surface area contributed by atoms with Gasteiger partial charge in [0.15, 0.2) is 0 Å². The first kappa shape index (κ1) is 25.5.